The van der Waals surface area contributed by atoms with Crippen LogP contribution < -0.4 is 4.90 Å². The Labute approximate surface area is 110 Å². The van der Waals surface area contributed by atoms with E-state index < -0.39 is 4.92 Å². The van der Waals surface area contributed by atoms with Crippen molar-refractivity contribution in [2.24, 2.45) is 5.92 Å². The highest BCUT2D eigenvalue weighted by atomic mass is 35.5. The Morgan fingerprint density at radius 1 is 1.50 bits per heavy atom. The van der Waals surface area contributed by atoms with Gasteiger partial charge in [-0.1, -0.05) is 24.9 Å². The highest BCUT2D eigenvalue weighted by Gasteiger charge is 2.28. The van der Waals surface area contributed by atoms with Gasteiger partial charge in [0.1, 0.15) is 6.33 Å². The van der Waals surface area contributed by atoms with Crippen molar-refractivity contribution in [1.29, 1.82) is 0 Å². The van der Waals surface area contributed by atoms with Gasteiger partial charge in [-0.15, -0.1) is 0 Å². The number of rotatable bonds is 3. The molecule has 1 aromatic rings. The Kier molecular flexibility index (Phi) is 3.96. The van der Waals surface area contributed by atoms with E-state index in [2.05, 4.69) is 16.9 Å². The lowest BCUT2D eigenvalue weighted by molar-refractivity contribution is -0.384. The summed E-state index contributed by atoms with van der Waals surface area (Å²) in [6.07, 6.45) is 4.50. The summed E-state index contributed by atoms with van der Waals surface area (Å²) in [7, 11) is 0. The third-order valence-electron chi connectivity index (χ3n) is 3.43. The Morgan fingerprint density at radius 3 is 2.72 bits per heavy atom. The summed E-state index contributed by atoms with van der Waals surface area (Å²) >= 11 is 5.78. The Hall–Kier alpha value is -1.43. The fourth-order valence-electron chi connectivity index (χ4n) is 2.29. The number of piperidine rings is 1. The highest BCUT2D eigenvalue weighted by molar-refractivity contribution is 6.31. The van der Waals surface area contributed by atoms with Crippen LogP contribution in [0.15, 0.2) is 6.33 Å². The summed E-state index contributed by atoms with van der Waals surface area (Å²) in [6, 6.07) is 0. The molecule has 0 saturated carbocycles. The first-order valence-corrected chi connectivity index (χ1v) is 6.41. The predicted molar refractivity (Wildman–Crippen MR) is 68.9 cm³/mol. The van der Waals surface area contributed by atoms with E-state index in [1.807, 2.05) is 4.90 Å². The zero-order valence-electron chi connectivity index (χ0n) is 10.2. The van der Waals surface area contributed by atoms with E-state index in [-0.39, 0.29) is 10.8 Å². The van der Waals surface area contributed by atoms with E-state index in [1.54, 1.807) is 0 Å². The molecule has 2 heterocycles. The predicted octanol–water partition coefficient (Wildman–Crippen LogP) is 2.66. The molecule has 0 atom stereocenters. The number of hydrogen-bond donors (Lipinski definition) is 0. The van der Waals surface area contributed by atoms with Gasteiger partial charge in [0.25, 0.3) is 0 Å². The van der Waals surface area contributed by atoms with Crippen LogP contribution in [-0.2, 0) is 0 Å². The van der Waals surface area contributed by atoms with Gasteiger partial charge in [0, 0.05) is 13.1 Å². The summed E-state index contributed by atoms with van der Waals surface area (Å²) in [4.78, 5) is 20.1. The molecule has 6 nitrogen and oxygen atoms in total. The van der Waals surface area contributed by atoms with Gasteiger partial charge in [-0.25, -0.2) is 9.97 Å². The molecule has 1 aromatic heterocycles. The van der Waals surface area contributed by atoms with Gasteiger partial charge in [-0.3, -0.25) is 10.1 Å². The highest BCUT2D eigenvalue weighted by Crippen LogP contribution is 2.33. The molecule has 0 unspecified atom stereocenters. The first-order chi connectivity index (χ1) is 8.63. The summed E-state index contributed by atoms with van der Waals surface area (Å²) in [6.45, 7) is 3.74. The van der Waals surface area contributed by atoms with Crippen molar-refractivity contribution in [3.63, 3.8) is 0 Å². The minimum Gasteiger partial charge on any atom is -0.351 e. The zero-order valence-corrected chi connectivity index (χ0v) is 10.9. The van der Waals surface area contributed by atoms with Gasteiger partial charge >= 0.3 is 5.69 Å². The summed E-state index contributed by atoms with van der Waals surface area (Å²) in [5, 5.41) is 10.9. The van der Waals surface area contributed by atoms with Gasteiger partial charge in [0.15, 0.2) is 0 Å². The second kappa shape index (κ2) is 5.48. The van der Waals surface area contributed by atoms with E-state index >= 15 is 0 Å². The number of anilines is 1. The number of aromatic nitrogens is 2. The van der Waals surface area contributed by atoms with Gasteiger partial charge in [0.05, 0.1) is 4.92 Å². The van der Waals surface area contributed by atoms with Crippen LogP contribution in [0.5, 0.6) is 0 Å². The van der Waals surface area contributed by atoms with Gasteiger partial charge in [-0.2, -0.15) is 0 Å². The summed E-state index contributed by atoms with van der Waals surface area (Å²) in [5.41, 5.74) is -0.186. The molecular formula is C11H15ClN4O2. The second-order valence-electron chi connectivity index (χ2n) is 4.43. The largest absolute Gasteiger partial charge is 0.351 e. The third kappa shape index (κ3) is 2.53. The van der Waals surface area contributed by atoms with E-state index in [0.29, 0.717) is 11.7 Å². The molecule has 0 bridgehead atoms. The van der Waals surface area contributed by atoms with Crippen LogP contribution in [0, 0.1) is 16.0 Å². The van der Waals surface area contributed by atoms with Crippen molar-refractivity contribution in [2.45, 2.75) is 26.2 Å². The fourth-order valence-corrected chi connectivity index (χ4v) is 2.49. The molecule has 2 rings (SSSR count). The molecule has 1 aliphatic rings. The molecule has 0 aliphatic carbocycles. The van der Waals surface area contributed by atoms with Crippen molar-refractivity contribution in [3.05, 3.63) is 21.6 Å². The summed E-state index contributed by atoms with van der Waals surface area (Å²) in [5.74, 6) is 1.05. The molecule has 1 aliphatic heterocycles. The molecule has 0 N–H and O–H groups in total. The smallest absolute Gasteiger partial charge is 0.348 e. The van der Waals surface area contributed by atoms with E-state index in [9.17, 15) is 10.1 Å². The quantitative estimate of drug-likeness (QED) is 0.480. The van der Waals surface area contributed by atoms with E-state index in [4.69, 9.17) is 11.6 Å². The molecule has 0 aromatic carbocycles. The van der Waals surface area contributed by atoms with Crippen molar-refractivity contribution in [3.8, 4) is 0 Å². The Morgan fingerprint density at radius 2 is 2.17 bits per heavy atom. The van der Waals surface area contributed by atoms with Gasteiger partial charge in [-0.05, 0) is 18.8 Å². The maximum Gasteiger partial charge on any atom is 0.348 e. The van der Waals surface area contributed by atoms with Crippen LogP contribution in [0.1, 0.15) is 26.2 Å². The molecule has 0 amide bonds. The van der Waals surface area contributed by atoms with E-state index in [0.717, 1.165) is 32.4 Å². The number of halogens is 1. The standard InChI is InChI=1S/C11H15ClN4O2/c1-2-8-3-5-15(6-4-8)11-9(16(17)18)10(12)13-7-14-11/h7-8H,2-6H2,1H3. The zero-order chi connectivity index (χ0) is 13.1. The van der Waals surface area contributed by atoms with Gasteiger partial charge in [0.2, 0.25) is 11.0 Å². The molecule has 0 spiro atoms. The lowest BCUT2D eigenvalue weighted by Crippen LogP contribution is -2.34. The van der Waals surface area contributed by atoms with Crippen molar-refractivity contribution in [1.82, 2.24) is 9.97 Å². The van der Waals surface area contributed by atoms with Crippen LogP contribution in [-0.4, -0.2) is 28.0 Å². The minimum atomic E-state index is -0.510. The van der Waals surface area contributed by atoms with Crippen molar-refractivity contribution >= 4 is 23.1 Å². The van der Waals surface area contributed by atoms with Crippen LogP contribution in [0.4, 0.5) is 11.5 Å². The fraction of sp³-hybridized carbons (Fsp3) is 0.636. The lowest BCUT2D eigenvalue weighted by Gasteiger charge is -2.31. The molecule has 98 valence electrons. The maximum atomic E-state index is 11.0. The number of nitrogens with zero attached hydrogens (tertiary/aromatic N) is 4. The first-order valence-electron chi connectivity index (χ1n) is 6.03. The normalized spacial score (nSPS) is 16.9. The maximum absolute atomic E-state index is 11.0. The van der Waals surface area contributed by atoms with Crippen molar-refractivity contribution < 1.29 is 4.92 Å². The van der Waals surface area contributed by atoms with E-state index in [1.165, 1.54) is 6.33 Å². The Bertz CT molecular complexity index is 447. The Balaban J connectivity index is 2.24. The monoisotopic (exact) mass is 270 g/mol. The van der Waals surface area contributed by atoms with Crippen LogP contribution in [0.25, 0.3) is 0 Å². The summed E-state index contributed by atoms with van der Waals surface area (Å²) < 4.78 is 0. The van der Waals surface area contributed by atoms with Crippen LogP contribution in [0.2, 0.25) is 5.15 Å². The second-order valence-corrected chi connectivity index (χ2v) is 4.79. The molecule has 7 heteroatoms. The topological polar surface area (TPSA) is 72.2 Å². The lowest BCUT2D eigenvalue weighted by atomic mass is 9.94. The van der Waals surface area contributed by atoms with Crippen molar-refractivity contribution in [2.75, 3.05) is 18.0 Å². The van der Waals surface area contributed by atoms with Gasteiger partial charge < -0.3 is 4.90 Å². The average molecular weight is 271 g/mol. The first kappa shape index (κ1) is 13.0. The van der Waals surface area contributed by atoms with Crippen LogP contribution >= 0.6 is 11.6 Å². The van der Waals surface area contributed by atoms with Crippen LogP contribution in [0.3, 0.4) is 0 Å². The molecule has 1 saturated heterocycles. The molecular weight excluding hydrogens is 256 g/mol. The minimum absolute atomic E-state index is 0.0948. The molecule has 1 fully saturated rings. The number of nitro groups is 1. The average Bonchev–Trinajstić information content (AvgIpc) is 2.38. The number of hydrogen-bond acceptors (Lipinski definition) is 5. The molecule has 18 heavy (non-hydrogen) atoms. The third-order valence-corrected chi connectivity index (χ3v) is 3.71. The SMILES string of the molecule is CCC1CCN(c2ncnc(Cl)c2[N+](=O)[O-])CC1. The molecule has 0 radical (unpaired) electrons.